The Labute approximate surface area is 93.3 Å². The van der Waals surface area contributed by atoms with Gasteiger partial charge in [0.15, 0.2) is 5.82 Å². The lowest BCUT2D eigenvalue weighted by molar-refractivity contribution is -0.123. The van der Waals surface area contributed by atoms with Crippen LogP contribution >= 0.6 is 0 Å². The number of hydrogen-bond acceptors (Lipinski definition) is 3. The van der Waals surface area contributed by atoms with E-state index in [1.54, 1.807) is 6.20 Å². The average Bonchev–Trinajstić information content (AvgIpc) is 2.65. The van der Waals surface area contributed by atoms with Crippen molar-refractivity contribution in [3.8, 4) is 0 Å². The van der Waals surface area contributed by atoms with E-state index in [1.165, 1.54) is 6.33 Å². The Balaban J connectivity index is 2.35. The van der Waals surface area contributed by atoms with Crippen molar-refractivity contribution < 1.29 is 4.79 Å². The Morgan fingerprint density at radius 2 is 2.12 bits per heavy atom. The van der Waals surface area contributed by atoms with E-state index < -0.39 is 5.41 Å². The molecule has 16 heavy (non-hydrogen) atoms. The maximum absolute atomic E-state index is 11.8. The van der Waals surface area contributed by atoms with Gasteiger partial charge in [-0.3, -0.25) is 4.79 Å². The Morgan fingerprint density at radius 1 is 1.38 bits per heavy atom. The minimum Gasteiger partial charge on any atom is -0.357 e. The predicted molar refractivity (Wildman–Crippen MR) is 62.0 cm³/mol. The van der Waals surface area contributed by atoms with E-state index >= 15 is 0 Å². The molecule has 5 nitrogen and oxygen atoms in total. The van der Waals surface area contributed by atoms with Crippen LogP contribution in [0.1, 0.15) is 20.8 Å². The number of carbonyl (C=O) groups excluding carboxylic acids is 1. The van der Waals surface area contributed by atoms with Crippen LogP contribution in [-0.2, 0) is 4.79 Å². The van der Waals surface area contributed by atoms with E-state index in [0.29, 0.717) is 5.82 Å². The van der Waals surface area contributed by atoms with E-state index in [0.717, 1.165) is 11.0 Å². The number of nitrogens with zero attached hydrogens (tertiary/aromatic N) is 2. The largest absolute Gasteiger partial charge is 0.357 e. The summed E-state index contributed by atoms with van der Waals surface area (Å²) in [4.78, 5) is 23.0. The normalized spacial score (nSPS) is 11.7. The van der Waals surface area contributed by atoms with Crippen molar-refractivity contribution in [2.45, 2.75) is 20.8 Å². The third-order valence-electron chi connectivity index (χ3n) is 2.26. The van der Waals surface area contributed by atoms with Crippen molar-refractivity contribution in [2.24, 2.45) is 5.41 Å². The molecule has 0 unspecified atom stereocenters. The zero-order valence-electron chi connectivity index (χ0n) is 9.53. The van der Waals surface area contributed by atoms with Gasteiger partial charge < -0.3 is 10.3 Å². The zero-order valence-corrected chi connectivity index (χ0v) is 9.53. The van der Waals surface area contributed by atoms with E-state index in [4.69, 9.17) is 0 Å². The van der Waals surface area contributed by atoms with Crippen LogP contribution in [0.4, 0.5) is 5.82 Å². The summed E-state index contributed by atoms with van der Waals surface area (Å²) in [6, 6.07) is 1.84. The molecule has 5 heteroatoms. The van der Waals surface area contributed by atoms with Gasteiger partial charge in [-0.1, -0.05) is 20.8 Å². The molecule has 0 radical (unpaired) electrons. The molecule has 2 heterocycles. The molecule has 0 aliphatic heterocycles. The van der Waals surface area contributed by atoms with Gasteiger partial charge in [-0.05, 0) is 6.07 Å². The third kappa shape index (κ3) is 1.88. The fourth-order valence-electron chi connectivity index (χ4n) is 1.26. The van der Waals surface area contributed by atoms with Crippen LogP contribution in [0.2, 0.25) is 0 Å². The minimum absolute atomic E-state index is 0.0675. The van der Waals surface area contributed by atoms with Crippen molar-refractivity contribution in [1.82, 2.24) is 15.0 Å². The monoisotopic (exact) mass is 218 g/mol. The number of aromatic nitrogens is 3. The molecule has 0 spiro atoms. The molecular formula is C11H14N4O. The lowest BCUT2D eigenvalue weighted by Gasteiger charge is -2.17. The van der Waals surface area contributed by atoms with Crippen molar-refractivity contribution in [2.75, 3.05) is 5.32 Å². The second-order valence-electron chi connectivity index (χ2n) is 4.66. The molecule has 0 saturated heterocycles. The number of nitrogens with one attached hydrogen (secondary N) is 2. The van der Waals surface area contributed by atoms with Gasteiger partial charge in [-0.25, -0.2) is 9.97 Å². The Hall–Kier alpha value is -1.91. The summed E-state index contributed by atoms with van der Waals surface area (Å²) in [5.41, 5.74) is 1.10. The quantitative estimate of drug-likeness (QED) is 0.768. The third-order valence-corrected chi connectivity index (χ3v) is 2.26. The Morgan fingerprint density at radius 3 is 2.81 bits per heavy atom. The van der Waals surface area contributed by atoms with E-state index in [1.807, 2.05) is 26.8 Å². The number of hydrogen-bond donors (Lipinski definition) is 2. The molecule has 0 aliphatic carbocycles. The standard InChI is InChI=1S/C11H14N4O/c1-11(2,3)10(16)15-9-8-7(4-5-12-8)13-6-14-9/h4-6,12H,1-3H3,(H,13,14,15,16). The van der Waals surface area contributed by atoms with Crippen LogP contribution in [0.3, 0.4) is 0 Å². The topological polar surface area (TPSA) is 70.7 Å². The molecule has 2 rings (SSSR count). The molecule has 0 aromatic carbocycles. The van der Waals surface area contributed by atoms with Crippen LogP contribution in [0.5, 0.6) is 0 Å². The highest BCUT2D eigenvalue weighted by atomic mass is 16.2. The number of carbonyl (C=O) groups is 1. The van der Waals surface area contributed by atoms with Gasteiger partial charge >= 0.3 is 0 Å². The first-order valence-electron chi connectivity index (χ1n) is 5.08. The number of amides is 1. The first kappa shape index (κ1) is 10.6. The van der Waals surface area contributed by atoms with Crippen LogP contribution in [0.25, 0.3) is 11.0 Å². The highest BCUT2D eigenvalue weighted by Crippen LogP contribution is 2.20. The fourth-order valence-corrected chi connectivity index (χ4v) is 1.26. The lowest BCUT2D eigenvalue weighted by atomic mass is 9.96. The van der Waals surface area contributed by atoms with Crippen LogP contribution in [0.15, 0.2) is 18.6 Å². The number of fused-ring (bicyclic) bond motifs is 1. The van der Waals surface area contributed by atoms with Gasteiger partial charge in [0.2, 0.25) is 5.91 Å². The van der Waals surface area contributed by atoms with E-state index in [2.05, 4.69) is 20.3 Å². The van der Waals surface area contributed by atoms with Crippen LogP contribution in [-0.4, -0.2) is 20.9 Å². The molecule has 84 valence electrons. The van der Waals surface area contributed by atoms with Crippen LogP contribution in [0, 0.1) is 5.41 Å². The summed E-state index contributed by atoms with van der Waals surface area (Å²) in [7, 11) is 0. The molecule has 2 N–H and O–H groups in total. The summed E-state index contributed by atoms with van der Waals surface area (Å²) in [5, 5.41) is 2.79. The van der Waals surface area contributed by atoms with Gasteiger partial charge in [-0.2, -0.15) is 0 Å². The predicted octanol–water partition coefficient (Wildman–Crippen LogP) is 1.94. The van der Waals surface area contributed by atoms with Gasteiger partial charge in [-0.15, -0.1) is 0 Å². The number of H-pyrrole nitrogens is 1. The molecule has 0 saturated carbocycles. The zero-order chi connectivity index (χ0) is 11.8. The van der Waals surface area contributed by atoms with Crippen molar-refractivity contribution in [3.63, 3.8) is 0 Å². The van der Waals surface area contributed by atoms with Crippen LogP contribution < -0.4 is 5.32 Å². The first-order valence-corrected chi connectivity index (χ1v) is 5.08. The molecular weight excluding hydrogens is 204 g/mol. The fraction of sp³-hybridized carbons (Fsp3) is 0.364. The van der Waals surface area contributed by atoms with Crippen molar-refractivity contribution in [1.29, 1.82) is 0 Å². The second-order valence-corrected chi connectivity index (χ2v) is 4.66. The molecule has 1 amide bonds. The first-order chi connectivity index (χ1) is 7.48. The summed E-state index contributed by atoms with van der Waals surface area (Å²) < 4.78 is 0. The molecule has 2 aromatic heterocycles. The maximum atomic E-state index is 11.8. The Bertz CT molecular complexity index is 524. The van der Waals surface area contributed by atoms with Gasteiger partial charge in [0.05, 0.1) is 5.52 Å². The molecule has 0 fully saturated rings. The second kappa shape index (κ2) is 3.59. The number of anilines is 1. The van der Waals surface area contributed by atoms with Crippen molar-refractivity contribution >= 4 is 22.8 Å². The molecule has 0 bridgehead atoms. The number of rotatable bonds is 1. The lowest BCUT2D eigenvalue weighted by Crippen LogP contribution is -2.28. The van der Waals surface area contributed by atoms with E-state index in [-0.39, 0.29) is 5.91 Å². The van der Waals surface area contributed by atoms with Gasteiger partial charge in [0.1, 0.15) is 11.8 Å². The average molecular weight is 218 g/mol. The molecule has 2 aromatic rings. The van der Waals surface area contributed by atoms with Gasteiger partial charge in [0.25, 0.3) is 0 Å². The molecule has 0 aliphatic rings. The smallest absolute Gasteiger partial charge is 0.230 e. The summed E-state index contributed by atoms with van der Waals surface area (Å²) >= 11 is 0. The summed E-state index contributed by atoms with van der Waals surface area (Å²) in [5.74, 6) is 0.456. The SMILES string of the molecule is CC(C)(C)C(=O)Nc1ncnc2cc[nH]c12. The van der Waals surface area contributed by atoms with Crippen molar-refractivity contribution in [3.05, 3.63) is 18.6 Å². The summed E-state index contributed by atoms with van der Waals surface area (Å²) in [6.45, 7) is 5.57. The van der Waals surface area contributed by atoms with E-state index in [9.17, 15) is 4.79 Å². The van der Waals surface area contributed by atoms with Gasteiger partial charge in [0, 0.05) is 11.6 Å². The highest BCUT2D eigenvalue weighted by molar-refractivity contribution is 5.99. The summed E-state index contributed by atoms with van der Waals surface area (Å²) in [6.07, 6.45) is 3.21. The maximum Gasteiger partial charge on any atom is 0.230 e. The minimum atomic E-state index is -0.441. The Kier molecular flexibility index (Phi) is 2.38. The number of aromatic amines is 1. The molecule has 0 atom stereocenters. The highest BCUT2D eigenvalue weighted by Gasteiger charge is 2.22.